The van der Waals surface area contributed by atoms with E-state index in [0.29, 0.717) is 0 Å². The molecule has 0 N–H and O–H groups in total. The van der Waals surface area contributed by atoms with Crippen LogP contribution < -0.4 is 4.74 Å². The van der Waals surface area contributed by atoms with E-state index in [2.05, 4.69) is 24.7 Å². The molecule has 0 aliphatic heterocycles. The second-order valence-electron chi connectivity index (χ2n) is 9.17. The van der Waals surface area contributed by atoms with E-state index in [1.807, 2.05) is 0 Å². The molecule has 162 valence electrons. The summed E-state index contributed by atoms with van der Waals surface area (Å²) in [6, 6.07) is 2.89. The first-order valence-corrected chi connectivity index (χ1v) is 11.6. The predicted molar refractivity (Wildman–Crippen MR) is 118 cm³/mol. The lowest BCUT2D eigenvalue weighted by atomic mass is 9.68. The summed E-state index contributed by atoms with van der Waals surface area (Å²) < 4.78 is 34.4. The van der Waals surface area contributed by atoms with E-state index in [4.69, 9.17) is 11.2 Å². The van der Waals surface area contributed by atoms with Gasteiger partial charge in [0.1, 0.15) is 0 Å². The highest BCUT2D eigenvalue weighted by atomic mass is 19.1. The third kappa shape index (κ3) is 5.78. The quantitative estimate of drug-likeness (QED) is 0.447. The molecule has 30 heavy (non-hydrogen) atoms. The van der Waals surface area contributed by atoms with Gasteiger partial charge in [-0.2, -0.15) is 0 Å². The van der Waals surface area contributed by atoms with Gasteiger partial charge in [-0.05, 0) is 105 Å². The Morgan fingerprint density at radius 3 is 2.10 bits per heavy atom. The van der Waals surface area contributed by atoms with Crippen molar-refractivity contribution in [2.24, 2.45) is 17.8 Å². The Labute approximate surface area is 181 Å². The number of benzene rings is 1. The molecule has 2 aliphatic carbocycles. The Bertz CT molecular complexity index is 773. The maximum Gasteiger partial charge on any atom is 0.192 e. The molecular weight excluding hydrogens is 378 g/mol. The molecule has 3 heteroatoms. The average molecular weight is 413 g/mol. The predicted octanol–water partition coefficient (Wildman–Crippen LogP) is 7.25. The fourth-order valence-electron chi connectivity index (χ4n) is 5.56. The van der Waals surface area contributed by atoms with Crippen LogP contribution in [0.5, 0.6) is 5.75 Å². The van der Waals surface area contributed by atoms with Gasteiger partial charge in [0, 0.05) is 0 Å². The van der Waals surface area contributed by atoms with Crippen molar-refractivity contribution < 1.29 is 13.5 Å². The van der Waals surface area contributed by atoms with Gasteiger partial charge in [-0.3, -0.25) is 0 Å². The summed E-state index contributed by atoms with van der Waals surface area (Å²) in [6.07, 6.45) is 17.0. The zero-order valence-corrected chi connectivity index (χ0v) is 18.4. The van der Waals surface area contributed by atoms with Crippen molar-refractivity contribution >= 4 is 0 Å². The van der Waals surface area contributed by atoms with Crippen LogP contribution in [0.25, 0.3) is 0 Å². The molecule has 2 saturated carbocycles. The molecule has 1 atom stereocenters. The maximum atomic E-state index is 14.6. The lowest BCUT2D eigenvalue weighted by Crippen LogP contribution is -2.25. The third-order valence-electron chi connectivity index (χ3n) is 7.16. The number of rotatable bonds is 6. The summed E-state index contributed by atoms with van der Waals surface area (Å²) >= 11 is 0. The molecule has 2 fully saturated rings. The lowest BCUT2D eigenvalue weighted by molar-refractivity contribution is 0.156. The van der Waals surface area contributed by atoms with Crippen molar-refractivity contribution in [1.82, 2.24) is 0 Å². The minimum atomic E-state index is -0.668. The van der Waals surface area contributed by atoms with Gasteiger partial charge < -0.3 is 4.74 Å². The van der Waals surface area contributed by atoms with Crippen molar-refractivity contribution in [3.63, 3.8) is 0 Å². The fraction of sp³-hybridized carbons (Fsp3) is 0.630. The van der Waals surface area contributed by atoms with Crippen LogP contribution in [-0.4, -0.2) is 6.10 Å². The summed E-state index contributed by atoms with van der Waals surface area (Å²) in [4.78, 5) is 0. The highest BCUT2D eigenvalue weighted by Gasteiger charge is 2.31. The Morgan fingerprint density at radius 1 is 1.00 bits per heavy atom. The van der Waals surface area contributed by atoms with Crippen molar-refractivity contribution in [3.8, 4) is 29.9 Å². The molecule has 1 unspecified atom stereocenters. The molecule has 1 aromatic carbocycles. The molecule has 0 heterocycles. The molecule has 1 nitrogen and oxygen atoms in total. The van der Waals surface area contributed by atoms with E-state index in [-0.39, 0.29) is 11.7 Å². The molecule has 3 rings (SSSR count). The van der Waals surface area contributed by atoms with Gasteiger partial charge in [-0.25, -0.2) is 8.78 Å². The average Bonchev–Trinajstić information content (AvgIpc) is 2.75. The van der Waals surface area contributed by atoms with Gasteiger partial charge in [0.15, 0.2) is 23.5 Å². The summed E-state index contributed by atoms with van der Waals surface area (Å²) in [5, 5.41) is 0. The van der Waals surface area contributed by atoms with Crippen LogP contribution in [0.2, 0.25) is 0 Å². The molecule has 2 aliphatic rings. The highest BCUT2D eigenvalue weighted by Crippen LogP contribution is 2.45. The van der Waals surface area contributed by atoms with Crippen LogP contribution in [-0.2, 0) is 0 Å². The van der Waals surface area contributed by atoms with Gasteiger partial charge in [0.25, 0.3) is 0 Å². The second-order valence-corrected chi connectivity index (χ2v) is 9.17. The number of ether oxygens (including phenoxy) is 1. The second kappa shape index (κ2) is 10.9. The van der Waals surface area contributed by atoms with Crippen LogP contribution in [0.4, 0.5) is 8.78 Å². The normalized spacial score (nSPS) is 27.4. The van der Waals surface area contributed by atoms with Crippen molar-refractivity contribution in [3.05, 3.63) is 29.3 Å². The van der Waals surface area contributed by atoms with Gasteiger partial charge in [0.2, 0.25) is 0 Å². The summed E-state index contributed by atoms with van der Waals surface area (Å²) in [7, 11) is 0. The summed E-state index contributed by atoms with van der Waals surface area (Å²) in [5.74, 6) is 8.34. The van der Waals surface area contributed by atoms with Crippen LogP contribution in [0.15, 0.2) is 12.1 Å². The van der Waals surface area contributed by atoms with E-state index in [0.717, 1.165) is 36.2 Å². The smallest absolute Gasteiger partial charge is 0.192 e. The van der Waals surface area contributed by atoms with Crippen LogP contribution >= 0.6 is 0 Å². The van der Waals surface area contributed by atoms with Gasteiger partial charge in [0.05, 0.1) is 0 Å². The monoisotopic (exact) mass is 412 g/mol. The topological polar surface area (TPSA) is 9.23 Å². The highest BCUT2D eigenvalue weighted by molar-refractivity contribution is 5.34. The molecule has 0 radical (unpaired) electrons. The number of hydrogen-bond acceptors (Lipinski definition) is 1. The fourth-order valence-corrected chi connectivity index (χ4v) is 5.56. The van der Waals surface area contributed by atoms with E-state index in [1.165, 1.54) is 63.5 Å². The molecule has 1 aromatic rings. The summed E-state index contributed by atoms with van der Waals surface area (Å²) in [5.41, 5.74) is 0.754. The largest absolute Gasteiger partial charge is 0.472 e. The number of hydrogen-bond donors (Lipinski definition) is 0. The molecule has 0 spiro atoms. The first-order chi connectivity index (χ1) is 14.5. The summed E-state index contributed by atoms with van der Waals surface area (Å²) in [6.45, 7) is 3.90. The Morgan fingerprint density at radius 2 is 1.57 bits per heavy atom. The zero-order chi connectivity index (χ0) is 21.5. The van der Waals surface area contributed by atoms with E-state index in [1.54, 1.807) is 6.92 Å². The van der Waals surface area contributed by atoms with E-state index >= 15 is 0 Å². The van der Waals surface area contributed by atoms with Crippen LogP contribution in [0, 0.1) is 53.6 Å². The Balaban J connectivity index is 1.56. The van der Waals surface area contributed by atoms with E-state index in [9.17, 15) is 8.78 Å². The van der Waals surface area contributed by atoms with Gasteiger partial charge >= 0.3 is 0 Å². The minimum absolute atomic E-state index is 0.231. The van der Waals surface area contributed by atoms with Gasteiger partial charge in [-0.15, -0.1) is 6.42 Å². The first kappa shape index (κ1) is 22.7. The van der Waals surface area contributed by atoms with Crippen molar-refractivity contribution in [1.29, 1.82) is 0 Å². The van der Waals surface area contributed by atoms with Gasteiger partial charge in [-0.1, -0.05) is 32.6 Å². The Kier molecular flexibility index (Phi) is 8.21. The Hall–Kier alpha value is -2.00. The molecule has 0 aromatic heterocycles. The van der Waals surface area contributed by atoms with Crippen molar-refractivity contribution in [2.75, 3.05) is 0 Å². The molecule has 0 saturated heterocycles. The number of terminal acetylenes is 1. The zero-order valence-electron chi connectivity index (χ0n) is 18.4. The molecule has 0 bridgehead atoms. The molecule has 0 amide bonds. The standard InChI is InChI=1S/C27H34F2O/c1-4-6-8-19(3)30-27-25(28)17-24(18-26(27)29)23-15-13-22(14-16-23)21-11-9-20(7-5-2)10-12-21/h1,17-23H,5,7,9-16H2,2-3H3. The van der Waals surface area contributed by atoms with E-state index < -0.39 is 17.7 Å². The minimum Gasteiger partial charge on any atom is -0.472 e. The SMILES string of the molecule is C#CC#CC(C)Oc1c(F)cc(C2CCC(C3CCC(CCC)CC3)CC2)cc1F. The third-order valence-corrected chi connectivity index (χ3v) is 7.16. The van der Waals surface area contributed by atoms with Crippen LogP contribution in [0.1, 0.15) is 89.5 Å². The van der Waals surface area contributed by atoms with Crippen LogP contribution in [0.3, 0.4) is 0 Å². The maximum absolute atomic E-state index is 14.6. The number of halogens is 2. The van der Waals surface area contributed by atoms with Crippen molar-refractivity contribution in [2.45, 2.75) is 90.1 Å². The first-order valence-electron chi connectivity index (χ1n) is 11.6. The lowest BCUT2D eigenvalue weighted by Gasteiger charge is -2.38. The molecular formula is C27H34F2O.